The SMILES string of the molecule is CCOc1ccc2c(c1)C(C)CC(C)(C)N2C(=O)CN1CCN(c2ccccc2F)CC1.Cl. The average Bonchev–Trinajstić information content (AvgIpc) is 2.75. The lowest BCUT2D eigenvalue weighted by atomic mass is 9.80. The van der Waals surface area contributed by atoms with Crippen LogP contribution in [0.5, 0.6) is 5.75 Å². The first-order chi connectivity index (χ1) is 15.3. The average molecular weight is 476 g/mol. The van der Waals surface area contributed by atoms with Gasteiger partial charge >= 0.3 is 0 Å². The number of halogens is 2. The van der Waals surface area contributed by atoms with E-state index >= 15 is 0 Å². The van der Waals surface area contributed by atoms with Crippen LogP contribution >= 0.6 is 12.4 Å². The second-order valence-electron chi connectivity index (χ2n) is 9.51. The summed E-state index contributed by atoms with van der Waals surface area (Å²) >= 11 is 0. The van der Waals surface area contributed by atoms with Gasteiger partial charge in [0.1, 0.15) is 11.6 Å². The van der Waals surface area contributed by atoms with E-state index < -0.39 is 0 Å². The van der Waals surface area contributed by atoms with Crippen LogP contribution in [-0.4, -0.2) is 55.7 Å². The molecule has 0 bridgehead atoms. The molecule has 1 saturated heterocycles. The molecule has 2 heterocycles. The highest BCUT2D eigenvalue weighted by molar-refractivity contribution is 5.97. The van der Waals surface area contributed by atoms with Crippen LogP contribution in [0, 0.1) is 5.82 Å². The van der Waals surface area contributed by atoms with Crippen molar-refractivity contribution < 1.29 is 13.9 Å². The maximum absolute atomic E-state index is 14.1. The fraction of sp³-hybridized carbons (Fsp3) is 0.500. The Kier molecular flexibility index (Phi) is 7.91. The van der Waals surface area contributed by atoms with Crippen LogP contribution in [0.25, 0.3) is 0 Å². The Bertz CT molecular complexity index is 976. The van der Waals surface area contributed by atoms with Crippen molar-refractivity contribution in [2.75, 3.05) is 49.1 Å². The summed E-state index contributed by atoms with van der Waals surface area (Å²) in [4.78, 5) is 19.8. The minimum absolute atomic E-state index is 0. The second kappa shape index (κ2) is 10.3. The molecule has 2 aliphatic heterocycles. The minimum Gasteiger partial charge on any atom is -0.494 e. The molecule has 5 nitrogen and oxygen atoms in total. The summed E-state index contributed by atoms with van der Waals surface area (Å²) in [6, 6.07) is 13.0. The summed E-state index contributed by atoms with van der Waals surface area (Å²) in [5, 5.41) is 0. The fourth-order valence-electron chi connectivity index (χ4n) is 5.25. The topological polar surface area (TPSA) is 36.0 Å². The molecule has 180 valence electrons. The first kappa shape index (κ1) is 25.3. The number of ether oxygens (including phenoxy) is 1. The van der Waals surface area contributed by atoms with Crippen LogP contribution in [0.2, 0.25) is 0 Å². The molecule has 0 N–H and O–H groups in total. The normalized spacial score (nSPS) is 20.1. The zero-order valence-electron chi connectivity index (χ0n) is 20.0. The van der Waals surface area contributed by atoms with E-state index in [1.54, 1.807) is 6.07 Å². The molecule has 0 saturated carbocycles. The van der Waals surface area contributed by atoms with Crippen molar-refractivity contribution >= 4 is 29.7 Å². The second-order valence-corrected chi connectivity index (χ2v) is 9.51. The van der Waals surface area contributed by atoms with E-state index in [-0.39, 0.29) is 29.7 Å². The predicted molar refractivity (Wildman–Crippen MR) is 135 cm³/mol. The van der Waals surface area contributed by atoms with Crippen LogP contribution in [-0.2, 0) is 4.79 Å². The number of hydrogen-bond acceptors (Lipinski definition) is 4. The van der Waals surface area contributed by atoms with Gasteiger partial charge in [0.15, 0.2) is 0 Å². The Balaban J connectivity index is 0.00000306. The zero-order chi connectivity index (χ0) is 22.9. The Morgan fingerprint density at radius 3 is 2.45 bits per heavy atom. The van der Waals surface area contributed by atoms with Crippen molar-refractivity contribution in [3.05, 3.63) is 53.8 Å². The van der Waals surface area contributed by atoms with Crippen LogP contribution in [0.4, 0.5) is 15.8 Å². The molecule has 0 aliphatic carbocycles. The van der Waals surface area contributed by atoms with Gasteiger partial charge in [-0.15, -0.1) is 12.4 Å². The fourth-order valence-corrected chi connectivity index (χ4v) is 5.25. The number of nitrogens with zero attached hydrogens (tertiary/aromatic N) is 3. The Morgan fingerprint density at radius 2 is 1.79 bits per heavy atom. The summed E-state index contributed by atoms with van der Waals surface area (Å²) in [5.74, 6) is 1.14. The van der Waals surface area contributed by atoms with E-state index in [1.807, 2.05) is 36.1 Å². The molecule has 2 aromatic carbocycles. The molecular formula is C26H35ClFN3O2. The van der Waals surface area contributed by atoms with Gasteiger partial charge in [0, 0.05) is 37.4 Å². The predicted octanol–water partition coefficient (Wildman–Crippen LogP) is 5.09. The third kappa shape index (κ3) is 5.28. The van der Waals surface area contributed by atoms with Crippen molar-refractivity contribution in [2.24, 2.45) is 0 Å². The summed E-state index contributed by atoms with van der Waals surface area (Å²) < 4.78 is 19.8. The van der Waals surface area contributed by atoms with Gasteiger partial charge in [-0.1, -0.05) is 19.1 Å². The molecule has 0 radical (unpaired) electrons. The smallest absolute Gasteiger partial charge is 0.241 e. The molecule has 0 spiro atoms. The number of benzene rings is 2. The van der Waals surface area contributed by atoms with E-state index in [1.165, 1.54) is 11.6 Å². The number of amides is 1. The summed E-state index contributed by atoms with van der Waals surface area (Å²) in [6.07, 6.45) is 0.905. The maximum atomic E-state index is 14.1. The number of carbonyl (C=O) groups is 1. The quantitative estimate of drug-likeness (QED) is 0.603. The molecule has 4 rings (SSSR count). The van der Waals surface area contributed by atoms with Gasteiger partial charge in [0.05, 0.1) is 18.8 Å². The first-order valence-electron chi connectivity index (χ1n) is 11.6. The summed E-state index contributed by atoms with van der Waals surface area (Å²) in [7, 11) is 0. The largest absolute Gasteiger partial charge is 0.494 e. The lowest BCUT2D eigenvalue weighted by Crippen LogP contribution is -2.56. The van der Waals surface area contributed by atoms with E-state index in [2.05, 4.69) is 36.6 Å². The standard InChI is InChI=1S/C26H34FN3O2.ClH/c1-5-32-20-10-11-23-21(16-20)19(2)17-26(3,4)30(23)25(31)18-28-12-14-29(15-13-28)24-9-7-6-8-22(24)27;/h6-11,16,19H,5,12-15,17-18H2,1-4H3;1H. The van der Waals surface area contributed by atoms with Gasteiger partial charge in [-0.2, -0.15) is 0 Å². The third-order valence-electron chi connectivity index (χ3n) is 6.67. The van der Waals surface area contributed by atoms with Gasteiger partial charge in [-0.25, -0.2) is 4.39 Å². The number of hydrogen-bond donors (Lipinski definition) is 0. The molecule has 2 aliphatic rings. The Hall–Kier alpha value is -2.31. The molecule has 0 aromatic heterocycles. The van der Waals surface area contributed by atoms with Crippen molar-refractivity contribution in [3.8, 4) is 5.75 Å². The number of rotatable bonds is 5. The van der Waals surface area contributed by atoms with Gasteiger partial charge in [0.25, 0.3) is 0 Å². The van der Waals surface area contributed by atoms with Crippen molar-refractivity contribution in [2.45, 2.75) is 45.6 Å². The molecule has 1 amide bonds. The van der Waals surface area contributed by atoms with Crippen molar-refractivity contribution in [3.63, 3.8) is 0 Å². The van der Waals surface area contributed by atoms with Gasteiger partial charge in [0.2, 0.25) is 5.91 Å². The maximum Gasteiger partial charge on any atom is 0.241 e. The van der Waals surface area contributed by atoms with Crippen LogP contribution in [0.3, 0.4) is 0 Å². The molecule has 1 unspecified atom stereocenters. The van der Waals surface area contributed by atoms with Crippen LogP contribution < -0.4 is 14.5 Å². The Labute approximate surface area is 202 Å². The highest BCUT2D eigenvalue weighted by Gasteiger charge is 2.40. The molecule has 33 heavy (non-hydrogen) atoms. The molecule has 7 heteroatoms. The third-order valence-corrected chi connectivity index (χ3v) is 6.67. The number of piperazine rings is 1. The van der Waals surface area contributed by atoms with Gasteiger partial charge in [-0.3, -0.25) is 9.69 Å². The van der Waals surface area contributed by atoms with Crippen molar-refractivity contribution in [1.82, 2.24) is 4.90 Å². The minimum atomic E-state index is -0.258. The number of fused-ring (bicyclic) bond motifs is 1. The highest BCUT2D eigenvalue weighted by atomic mass is 35.5. The van der Waals surface area contributed by atoms with Crippen LogP contribution in [0.15, 0.2) is 42.5 Å². The first-order valence-corrected chi connectivity index (χ1v) is 11.6. The van der Waals surface area contributed by atoms with E-state index in [0.717, 1.165) is 30.9 Å². The monoisotopic (exact) mass is 475 g/mol. The molecule has 1 fully saturated rings. The van der Waals surface area contributed by atoms with Gasteiger partial charge < -0.3 is 14.5 Å². The lowest BCUT2D eigenvalue weighted by molar-refractivity contribution is -0.121. The zero-order valence-corrected chi connectivity index (χ0v) is 20.8. The summed E-state index contributed by atoms with van der Waals surface area (Å²) in [6.45, 7) is 12.4. The van der Waals surface area contributed by atoms with Crippen molar-refractivity contribution in [1.29, 1.82) is 0 Å². The van der Waals surface area contributed by atoms with Crippen LogP contribution in [0.1, 0.15) is 45.6 Å². The van der Waals surface area contributed by atoms with E-state index in [9.17, 15) is 9.18 Å². The molecular weight excluding hydrogens is 441 g/mol. The lowest BCUT2D eigenvalue weighted by Gasteiger charge is -2.47. The molecule has 1 atom stereocenters. The highest BCUT2D eigenvalue weighted by Crippen LogP contribution is 2.44. The van der Waals surface area contributed by atoms with E-state index in [0.29, 0.717) is 37.8 Å². The summed E-state index contributed by atoms with van der Waals surface area (Å²) in [5.41, 5.74) is 2.55. The number of carbonyl (C=O) groups excluding carboxylic acids is 1. The molecule has 2 aromatic rings. The van der Waals surface area contributed by atoms with E-state index in [4.69, 9.17) is 4.74 Å². The van der Waals surface area contributed by atoms with Gasteiger partial charge in [-0.05, 0) is 69.0 Å². The Morgan fingerprint density at radius 1 is 1.09 bits per heavy atom. The number of anilines is 2. The number of para-hydroxylation sites is 1.